The molecule has 0 saturated carbocycles. The number of nitrogens with one attached hydrogen (secondary N) is 1. The number of hydrogen-bond acceptors (Lipinski definition) is 7. The molecule has 0 aliphatic rings. The van der Waals surface area contributed by atoms with Crippen molar-refractivity contribution in [1.29, 1.82) is 0 Å². The van der Waals surface area contributed by atoms with Gasteiger partial charge in [-0.2, -0.15) is 5.10 Å². The highest BCUT2D eigenvalue weighted by Gasteiger charge is 2.23. The second kappa shape index (κ2) is 13.8. The van der Waals surface area contributed by atoms with Crippen LogP contribution in [-0.2, 0) is 27.2 Å². The van der Waals surface area contributed by atoms with Gasteiger partial charge in [-0.15, -0.1) is 0 Å². The van der Waals surface area contributed by atoms with E-state index in [1.807, 2.05) is 30.3 Å². The topological polar surface area (TPSA) is 112 Å². The van der Waals surface area contributed by atoms with Crippen molar-refractivity contribution >= 4 is 18.1 Å². The Balaban J connectivity index is 1.89. The number of nitrogens with two attached hydrogens (primary N) is 1. The molecule has 0 bridgehead atoms. The maximum absolute atomic E-state index is 12.5. The average molecular weight is 456 g/mol. The molecule has 8 nitrogen and oxygen atoms in total. The van der Waals surface area contributed by atoms with E-state index in [0.29, 0.717) is 30.8 Å². The summed E-state index contributed by atoms with van der Waals surface area (Å²) in [6.07, 6.45) is 4.65. The molecule has 1 atom stereocenters. The molecule has 8 heteroatoms. The Morgan fingerprint density at radius 3 is 2.36 bits per heavy atom. The average Bonchev–Trinajstić information content (AvgIpc) is 2.82. The van der Waals surface area contributed by atoms with Crippen LogP contribution in [0.5, 0.6) is 11.5 Å². The highest BCUT2D eigenvalue weighted by atomic mass is 16.5. The van der Waals surface area contributed by atoms with Gasteiger partial charge in [-0.1, -0.05) is 30.3 Å². The van der Waals surface area contributed by atoms with Gasteiger partial charge in [0.25, 0.3) is 0 Å². The molecule has 2 aromatic carbocycles. The van der Waals surface area contributed by atoms with E-state index in [4.69, 9.17) is 20.1 Å². The van der Waals surface area contributed by atoms with Crippen molar-refractivity contribution in [3.05, 3.63) is 59.2 Å². The molecule has 0 heterocycles. The number of ether oxygens (including phenoxy) is 3. The van der Waals surface area contributed by atoms with E-state index >= 15 is 0 Å². The maximum Gasteiger partial charge on any atom is 0.328 e. The van der Waals surface area contributed by atoms with E-state index in [-0.39, 0.29) is 12.5 Å². The molecule has 2 aromatic rings. The number of hydrazone groups is 1. The fourth-order valence-electron chi connectivity index (χ4n) is 3.42. The zero-order valence-electron chi connectivity index (χ0n) is 19.5. The van der Waals surface area contributed by atoms with Gasteiger partial charge in [0.2, 0.25) is 5.91 Å². The van der Waals surface area contributed by atoms with Crippen LogP contribution in [0.2, 0.25) is 0 Å². The molecule has 1 unspecified atom stereocenters. The Kier molecular flexibility index (Phi) is 10.7. The van der Waals surface area contributed by atoms with Crippen molar-refractivity contribution in [2.45, 2.75) is 45.1 Å². The third-order valence-electron chi connectivity index (χ3n) is 5.12. The van der Waals surface area contributed by atoms with Crippen LogP contribution < -0.4 is 20.6 Å². The normalized spacial score (nSPS) is 11.7. The van der Waals surface area contributed by atoms with Crippen LogP contribution in [0.3, 0.4) is 0 Å². The first-order valence-corrected chi connectivity index (χ1v) is 11.0. The van der Waals surface area contributed by atoms with Crippen LogP contribution >= 0.6 is 0 Å². The lowest BCUT2D eigenvalue weighted by Gasteiger charge is -2.18. The van der Waals surface area contributed by atoms with Gasteiger partial charge >= 0.3 is 5.97 Å². The van der Waals surface area contributed by atoms with Crippen LogP contribution in [0.15, 0.2) is 47.6 Å². The minimum absolute atomic E-state index is 0.178. The molecule has 0 saturated heterocycles. The molecule has 178 valence electrons. The molecule has 0 aliphatic heterocycles. The number of rotatable bonds is 13. The molecule has 33 heavy (non-hydrogen) atoms. The molecule has 2 rings (SSSR count). The van der Waals surface area contributed by atoms with Crippen molar-refractivity contribution in [2.24, 2.45) is 10.9 Å². The Bertz CT molecular complexity index is 928. The first-order valence-electron chi connectivity index (χ1n) is 11.0. The summed E-state index contributed by atoms with van der Waals surface area (Å²) in [5, 5.41) is 6.33. The van der Waals surface area contributed by atoms with Crippen molar-refractivity contribution in [1.82, 2.24) is 5.32 Å². The fraction of sp³-hybridized carbons (Fsp3) is 0.400. The minimum Gasteiger partial charge on any atom is -0.493 e. The number of methoxy groups -OCH3 is 2. The first kappa shape index (κ1) is 25.7. The Hall–Kier alpha value is -3.55. The molecular formula is C25H33N3O5. The second-order valence-electron chi connectivity index (χ2n) is 7.49. The molecular weight excluding hydrogens is 422 g/mol. The largest absolute Gasteiger partial charge is 0.493 e. The minimum atomic E-state index is -0.771. The lowest BCUT2D eigenvalue weighted by molar-refractivity contribution is -0.147. The van der Waals surface area contributed by atoms with Crippen molar-refractivity contribution in [3.8, 4) is 11.5 Å². The van der Waals surface area contributed by atoms with Crippen LogP contribution in [0.1, 0.15) is 42.9 Å². The lowest BCUT2D eigenvalue weighted by atomic mass is 10.0. The first-order chi connectivity index (χ1) is 16.0. The summed E-state index contributed by atoms with van der Waals surface area (Å²) in [5.74, 6) is 5.68. The molecule has 0 spiro atoms. The van der Waals surface area contributed by atoms with Gasteiger partial charge in [0.05, 0.1) is 27.0 Å². The summed E-state index contributed by atoms with van der Waals surface area (Å²) < 4.78 is 15.7. The number of amides is 1. The molecule has 0 radical (unpaired) electrons. The number of benzene rings is 2. The number of unbranched alkanes of at least 4 members (excludes halogenated alkanes) is 1. The van der Waals surface area contributed by atoms with Gasteiger partial charge in [-0.25, -0.2) is 4.79 Å². The molecule has 0 aromatic heterocycles. The Morgan fingerprint density at radius 1 is 1.03 bits per heavy atom. The monoisotopic (exact) mass is 455 g/mol. The van der Waals surface area contributed by atoms with Gasteiger partial charge in [0.1, 0.15) is 6.04 Å². The van der Waals surface area contributed by atoms with Gasteiger partial charge in [-0.05, 0) is 55.0 Å². The quantitative estimate of drug-likeness (QED) is 0.158. The van der Waals surface area contributed by atoms with E-state index in [2.05, 4.69) is 10.4 Å². The van der Waals surface area contributed by atoms with E-state index in [1.165, 1.54) is 5.56 Å². The van der Waals surface area contributed by atoms with Crippen molar-refractivity contribution in [2.75, 3.05) is 20.8 Å². The number of carbonyl (C=O) groups is 2. The van der Waals surface area contributed by atoms with Gasteiger partial charge in [-0.3, -0.25) is 4.79 Å². The number of esters is 1. The number of carbonyl (C=O) groups excluding carboxylic acids is 2. The fourth-order valence-corrected chi connectivity index (χ4v) is 3.42. The summed E-state index contributed by atoms with van der Waals surface area (Å²) in [6, 6.07) is 12.6. The number of nitrogens with zero attached hydrogens (tertiary/aromatic N) is 1. The summed E-state index contributed by atoms with van der Waals surface area (Å²) >= 11 is 0. The van der Waals surface area contributed by atoms with E-state index in [0.717, 1.165) is 24.0 Å². The number of hydrogen-bond donors (Lipinski definition) is 2. The summed E-state index contributed by atoms with van der Waals surface area (Å²) in [5.41, 5.74) is 2.96. The van der Waals surface area contributed by atoms with Crippen molar-refractivity contribution in [3.63, 3.8) is 0 Å². The van der Waals surface area contributed by atoms with E-state index in [9.17, 15) is 9.59 Å². The summed E-state index contributed by atoms with van der Waals surface area (Å²) in [7, 11) is 3.11. The third kappa shape index (κ3) is 8.48. The van der Waals surface area contributed by atoms with E-state index in [1.54, 1.807) is 39.5 Å². The summed E-state index contributed by atoms with van der Waals surface area (Å²) in [4.78, 5) is 25.0. The smallest absolute Gasteiger partial charge is 0.328 e. The van der Waals surface area contributed by atoms with Crippen LogP contribution in [-0.4, -0.2) is 45.0 Å². The predicted octanol–water partition coefficient (Wildman–Crippen LogP) is 3.00. The van der Waals surface area contributed by atoms with Gasteiger partial charge in [0.15, 0.2) is 11.5 Å². The van der Waals surface area contributed by atoms with Crippen molar-refractivity contribution < 1.29 is 23.8 Å². The molecule has 3 N–H and O–H groups in total. The zero-order chi connectivity index (χ0) is 24.1. The Labute approximate surface area is 195 Å². The van der Waals surface area contributed by atoms with E-state index < -0.39 is 12.0 Å². The molecule has 0 aliphatic carbocycles. The van der Waals surface area contributed by atoms with Gasteiger partial charge in [0, 0.05) is 12.8 Å². The molecule has 0 fully saturated rings. The predicted molar refractivity (Wildman–Crippen MR) is 128 cm³/mol. The SMILES string of the molecule is CCOC(=O)C(Cc1ccc(OC)c(OC)c1)NC(=O)CCCCc1ccc(C=NN)cc1. The van der Waals surface area contributed by atoms with Crippen LogP contribution in [0, 0.1) is 0 Å². The second-order valence-corrected chi connectivity index (χ2v) is 7.49. The third-order valence-corrected chi connectivity index (χ3v) is 5.12. The highest BCUT2D eigenvalue weighted by Crippen LogP contribution is 2.28. The van der Waals surface area contributed by atoms with Gasteiger partial charge < -0.3 is 25.4 Å². The number of aryl methyl sites for hydroxylation is 1. The summed E-state index contributed by atoms with van der Waals surface area (Å²) in [6.45, 7) is 1.98. The zero-order valence-corrected chi connectivity index (χ0v) is 19.5. The standard InChI is InChI=1S/C25H33N3O5/c1-4-33-25(30)21(15-20-13-14-22(31-2)23(16-20)32-3)28-24(29)8-6-5-7-18-9-11-19(12-10-18)17-27-26/h9-14,16-17,21H,4-8,15,26H2,1-3H3,(H,28,29). The molecule has 1 amide bonds. The van der Waals surface area contributed by atoms with Crippen LogP contribution in [0.25, 0.3) is 0 Å². The Morgan fingerprint density at radius 2 is 1.73 bits per heavy atom. The lowest BCUT2D eigenvalue weighted by Crippen LogP contribution is -2.43. The van der Waals surface area contributed by atoms with Crippen LogP contribution in [0.4, 0.5) is 0 Å². The highest BCUT2D eigenvalue weighted by molar-refractivity contribution is 5.84. The maximum atomic E-state index is 12.5.